The van der Waals surface area contributed by atoms with Crippen molar-refractivity contribution in [3.05, 3.63) is 48.0 Å². The van der Waals surface area contributed by atoms with Crippen molar-refractivity contribution in [1.82, 2.24) is 0 Å². The van der Waals surface area contributed by atoms with Gasteiger partial charge in [-0.1, -0.05) is 12.1 Å². The summed E-state index contributed by atoms with van der Waals surface area (Å²) in [6.07, 6.45) is 2.00. The molecule has 0 atom stereocenters. The van der Waals surface area contributed by atoms with Gasteiger partial charge in [0.2, 0.25) is 5.91 Å². The summed E-state index contributed by atoms with van der Waals surface area (Å²) in [5.74, 6) is 2.06. The molecule has 0 fully saturated rings. The van der Waals surface area contributed by atoms with Gasteiger partial charge < -0.3 is 14.5 Å². The summed E-state index contributed by atoms with van der Waals surface area (Å²) >= 11 is 1.87. The van der Waals surface area contributed by atoms with Crippen LogP contribution >= 0.6 is 11.8 Å². The van der Waals surface area contributed by atoms with Crippen molar-refractivity contribution in [3.8, 4) is 5.75 Å². The molecular formula is C20H22N2O2S. The lowest BCUT2D eigenvalue weighted by atomic mass is 10.0. The molecule has 2 aliphatic rings. The van der Waals surface area contributed by atoms with E-state index in [2.05, 4.69) is 29.2 Å². The molecule has 0 bridgehead atoms. The average Bonchev–Trinajstić information content (AvgIpc) is 2.67. The molecule has 0 unspecified atom stereocenters. The second-order valence-corrected chi connectivity index (χ2v) is 7.52. The number of rotatable bonds is 3. The van der Waals surface area contributed by atoms with E-state index in [1.165, 1.54) is 16.1 Å². The minimum Gasteiger partial charge on any atom is -0.497 e. The fourth-order valence-corrected chi connectivity index (χ4v) is 4.65. The number of hydrogen-bond acceptors (Lipinski definition) is 4. The number of amides is 1. The Bertz CT molecular complexity index is 793. The van der Waals surface area contributed by atoms with Crippen LogP contribution in [0.25, 0.3) is 0 Å². The molecule has 5 heteroatoms. The fourth-order valence-electron chi connectivity index (χ4n) is 3.60. The SMILES string of the molecule is COc1ccc2c(c1)CCCN2C(=O)CN1CCSc2ccccc21. The van der Waals surface area contributed by atoms with Crippen molar-refractivity contribution in [2.45, 2.75) is 17.7 Å². The van der Waals surface area contributed by atoms with E-state index in [1.54, 1.807) is 7.11 Å². The molecule has 4 rings (SSSR count). The number of carbonyl (C=O) groups is 1. The Kier molecular flexibility index (Phi) is 4.57. The molecule has 0 saturated heterocycles. The number of fused-ring (bicyclic) bond motifs is 2. The molecule has 0 aromatic heterocycles. The standard InChI is InChI=1S/C20H22N2O2S/c1-24-16-8-9-17-15(13-16)5-4-10-22(17)20(23)14-21-11-12-25-19-7-3-2-6-18(19)21/h2-3,6-9,13H,4-5,10-12,14H2,1H3. The molecule has 0 radical (unpaired) electrons. The molecule has 2 aromatic carbocycles. The third-order valence-electron chi connectivity index (χ3n) is 4.86. The van der Waals surface area contributed by atoms with Gasteiger partial charge in [-0.15, -0.1) is 11.8 Å². The smallest absolute Gasteiger partial charge is 0.246 e. The predicted molar refractivity (Wildman–Crippen MR) is 103 cm³/mol. The second-order valence-electron chi connectivity index (χ2n) is 6.38. The van der Waals surface area contributed by atoms with E-state index in [4.69, 9.17) is 4.74 Å². The normalized spacial score (nSPS) is 16.2. The predicted octanol–water partition coefficient (Wildman–Crippen LogP) is 3.59. The van der Waals surface area contributed by atoms with Gasteiger partial charge in [-0.3, -0.25) is 4.79 Å². The van der Waals surface area contributed by atoms with Crippen LogP contribution in [0.5, 0.6) is 5.75 Å². The van der Waals surface area contributed by atoms with E-state index in [-0.39, 0.29) is 5.91 Å². The number of aryl methyl sites for hydroxylation is 1. The van der Waals surface area contributed by atoms with E-state index >= 15 is 0 Å². The van der Waals surface area contributed by atoms with Crippen LogP contribution in [0.15, 0.2) is 47.4 Å². The van der Waals surface area contributed by atoms with Gasteiger partial charge in [0.05, 0.1) is 19.3 Å². The fraction of sp³-hybridized carbons (Fsp3) is 0.350. The largest absolute Gasteiger partial charge is 0.497 e. The maximum atomic E-state index is 13.0. The maximum Gasteiger partial charge on any atom is 0.246 e. The highest BCUT2D eigenvalue weighted by Gasteiger charge is 2.26. The number of thioether (sulfide) groups is 1. The van der Waals surface area contributed by atoms with Crippen molar-refractivity contribution in [2.24, 2.45) is 0 Å². The average molecular weight is 354 g/mol. The maximum absolute atomic E-state index is 13.0. The van der Waals surface area contributed by atoms with Crippen LogP contribution in [-0.2, 0) is 11.2 Å². The molecule has 25 heavy (non-hydrogen) atoms. The number of benzene rings is 2. The Hall–Kier alpha value is -2.14. The molecule has 1 amide bonds. The lowest BCUT2D eigenvalue weighted by molar-refractivity contribution is -0.117. The lowest BCUT2D eigenvalue weighted by Crippen LogP contribution is -2.44. The first-order chi connectivity index (χ1) is 12.3. The van der Waals surface area contributed by atoms with Gasteiger partial charge in [0, 0.05) is 29.4 Å². The zero-order valence-corrected chi connectivity index (χ0v) is 15.2. The van der Waals surface area contributed by atoms with E-state index in [0.29, 0.717) is 6.54 Å². The van der Waals surface area contributed by atoms with E-state index in [1.807, 2.05) is 34.9 Å². The zero-order chi connectivity index (χ0) is 17.2. The first-order valence-electron chi connectivity index (χ1n) is 8.70. The molecule has 0 N–H and O–H groups in total. The van der Waals surface area contributed by atoms with Gasteiger partial charge in [-0.2, -0.15) is 0 Å². The minimum atomic E-state index is 0.174. The minimum absolute atomic E-state index is 0.174. The van der Waals surface area contributed by atoms with E-state index in [9.17, 15) is 4.79 Å². The van der Waals surface area contributed by atoms with Crippen LogP contribution < -0.4 is 14.5 Å². The van der Waals surface area contributed by atoms with Crippen molar-refractivity contribution < 1.29 is 9.53 Å². The van der Waals surface area contributed by atoms with E-state index < -0.39 is 0 Å². The molecule has 0 aliphatic carbocycles. The molecule has 130 valence electrons. The lowest BCUT2D eigenvalue weighted by Gasteiger charge is -2.34. The third-order valence-corrected chi connectivity index (χ3v) is 5.90. The monoisotopic (exact) mass is 354 g/mol. The number of methoxy groups -OCH3 is 1. The first-order valence-corrected chi connectivity index (χ1v) is 9.69. The highest BCUT2D eigenvalue weighted by atomic mass is 32.2. The van der Waals surface area contributed by atoms with Crippen LogP contribution in [0, 0.1) is 0 Å². The molecule has 0 saturated carbocycles. The Morgan fingerprint density at radius 2 is 2.04 bits per heavy atom. The van der Waals surface area contributed by atoms with E-state index in [0.717, 1.165) is 43.1 Å². The topological polar surface area (TPSA) is 32.8 Å². The van der Waals surface area contributed by atoms with Gasteiger partial charge in [-0.25, -0.2) is 0 Å². The van der Waals surface area contributed by atoms with Crippen LogP contribution in [0.1, 0.15) is 12.0 Å². The highest BCUT2D eigenvalue weighted by Crippen LogP contribution is 2.35. The van der Waals surface area contributed by atoms with Gasteiger partial charge >= 0.3 is 0 Å². The first kappa shape index (κ1) is 16.3. The number of hydrogen-bond donors (Lipinski definition) is 0. The highest BCUT2D eigenvalue weighted by molar-refractivity contribution is 7.99. The summed E-state index contributed by atoms with van der Waals surface area (Å²) in [6.45, 7) is 2.14. The quantitative estimate of drug-likeness (QED) is 0.843. The molecule has 4 nitrogen and oxygen atoms in total. The summed E-state index contributed by atoms with van der Waals surface area (Å²) in [5, 5.41) is 0. The Morgan fingerprint density at radius 1 is 1.16 bits per heavy atom. The Balaban J connectivity index is 1.55. The number of ether oxygens (including phenoxy) is 1. The van der Waals surface area contributed by atoms with Crippen molar-refractivity contribution in [3.63, 3.8) is 0 Å². The molecular weight excluding hydrogens is 332 g/mol. The van der Waals surface area contributed by atoms with Gasteiger partial charge in [-0.05, 0) is 48.7 Å². The molecule has 2 aromatic rings. The Labute approximate surface area is 152 Å². The van der Waals surface area contributed by atoms with Gasteiger partial charge in [0.15, 0.2) is 0 Å². The number of anilines is 2. The zero-order valence-electron chi connectivity index (χ0n) is 14.4. The summed E-state index contributed by atoms with van der Waals surface area (Å²) < 4.78 is 5.32. The van der Waals surface area contributed by atoms with Crippen LogP contribution in [0.3, 0.4) is 0 Å². The summed E-state index contributed by atoms with van der Waals surface area (Å²) in [4.78, 5) is 18.5. The number of nitrogens with zero attached hydrogens (tertiary/aromatic N) is 2. The molecule has 2 aliphatic heterocycles. The van der Waals surface area contributed by atoms with Crippen LogP contribution in [-0.4, -0.2) is 38.4 Å². The summed E-state index contributed by atoms with van der Waals surface area (Å²) in [5.41, 5.74) is 3.42. The van der Waals surface area contributed by atoms with Crippen molar-refractivity contribution in [1.29, 1.82) is 0 Å². The van der Waals surface area contributed by atoms with Crippen LogP contribution in [0.2, 0.25) is 0 Å². The third kappa shape index (κ3) is 3.21. The number of para-hydroxylation sites is 1. The van der Waals surface area contributed by atoms with Crippen molar-refractivity contribution >= 4 is 29.0 Å². The summed E-state index contributed by atoms with van der Waals surface area (Å²) in [6, 6.07) is 14.4. The van der Waals surface area contributed by atoms with Crippen LogP contribution in [0.4, 0.5) is 11.4 Å². The summed E-state index contributed by atoms with van der Waals surface area (Å²) in [7, 11) is 1.68. The van der Waals surface area contributed by atoms with Gasteiger partial charge in [0.25, 0.3) is 0 Å². The Morgan fingerprint density at radius 3 is 2.92 bits per heavy atom. The van der Waals surface area contributed by atoms with Gasteiger partial charge in [0.1, 0.15) is 5.75 Å². The van der Waals surface area contributed by atoms with Crippen molar-refractivity contribution in [2.75, 3.05) is 42.3 Å². The molecule has 2 heterocycles. The molecule has 0 spiro atoms. The number of carbonyl (C=O) groups excluding carboxylic acids is 1. The second kappa shape index (κ2) is 7.00.